The molecule has 0 aliphatic carbocycles. The highest BCUT2D eigenvalue weighted by Gasteiger charge is 2.24. The summed E-state index contributed by atoms with van der Waals surface area (Å²) in [7, 11) is 0. The molecular formula is C13H16FNOS. The summed E-state index contributed by atoms with van der Waals surface area (Å²) in [5.41, 5.74) is 1.11. The van der Waals surface area contributed by atoms with Gasteiger partial charge in [-0.2, -0.15) is 11.8 Å². The maximum Gasteiger partial charge on any atom is 0.256 e. The zero-order chi connectivity index (χ0) is 12.4. The lowest BCUT2D eigenvalue weighted by molar-refractivity contribution is 0.0758. The lowest BCUT2D eigenvalue weighted by atomic mass is 10.1. The molecule has 1 aliphatic heterocycles. The number of carbonyl (C=O) groups excluding carboxylic acids is 1. The summed E-state index contributed by atoms with van der Waals surface area (Å²) in [6.07, 6.45) is 0. The number of aryl methyl sites for hydroxylation is 1. The quantitative estimate of drug-likeness (QED) is 0.767. The van der Waals surface area contributed by atoms with Crippen LogP contribution in [0.3, 0.4) is 0 Å². The van der Waals surface area contributed by atoms with Gasteiger partial charge in [-0.15, -0.1) is 0 Å². The molecule has 1 unspecified atom stereocenters. The lowest BCUT2D eigenvalue weighted by Crippen LogP contribution is -2.41. The normalized spacial score (nSPS) is 20.4. The Balaban J connectivity index is 2.21. The van der Waals surface area contributed by atoms with E-state index in [4.69, 9.17) is 0 Å². The van der Waals surface area contributed by atoms with Gasteiger partial charge in [0.05, 0.1) is 5.56 Å². The van der Waals surface area contributed by atoms with Gasteiger partial charge in [0.15, 0.2) is 0 Å². The molecular weight excluding hydrogens is 237 g/mol. The van der Waals surface area contributed by atoms with Crippen molar-refractivity contribution in [2.24, 2.45) is 0 Å². The number of carbonyl (C=O) groups is 1. The number of halogens is 1. The fraction of sp³-hybridized carbons (Fsp3) is 0.462. The zero-order valence-electron chi connectivity index (χ0n) is 10.1. The summed E-state index contributed by atoms with van der Waals surface area (Å²) >= 11 is 1.85. The first kappa shape index (κ1) is 12.4. The Morgan fingerprint density at radius 1 is 1.53 bits per heavy atom. The molecule has 17 heavy (non-hydrogen) atoms. The monoisotopic (exact) mass is 253 g/mol. The van der Waals surface area contributed by atoms with Crippen LogP contribution >= 0.6 is 11.8 Å². The fourth-order valence-corrected chi connectivity index (χ4v) is 2.99. The Bertz CT molecular complexity index is 435. The molecule has 1 atom stereocenters. The summed E-state index contributed by atoms with van der Waals surface area (Å²) in [6, 6.07) is 4.68. The third-order valence-corrected chi connectivity index (χ3v) is 4.02. The first-order chi connectivity index (χ1) is 8.08. The molecule has 0 saturated carbocycles. The van der Waals surface area contributed by atoms with Crippen LogP contribution in [0.25, 0.3) is 0 Å². The third-order valence-electron chi connectivity index (χ3n) is 2.88. The largest absolute Gasteiger partial charge is 0.337 e. The SMILES string of the molecule is Cc1ccc(F)c(C(=O)N2CCSC(C)C2)c1. The van der Waals surface area contributed by atoms with Crippen LogP contribution in [0.15, 0.2) is 18.2 Å². The summed E-state index contributed by atoms with van der Waals surface area (Å²) in [4.78, 5) is 13.9. The third kappa shape index (κ3) is 2.80. The first-order valence-corrected chi connectivity index (χ1v) is 6.80. The number of benzene rings is 1. The van der Waals surface area contributed by atoms with Crippen molar-refractivity contribution >= 4 is 17.7 Å². The van der Waals surface area contributed by atoms with Crippen molar-refractivity contribution < 1.29 is 9.18 Å². The highest BCUT2D eigenvalue weighted by Crippen LogP contribution is 2.20. The second-order valence-corrected chi connectivity index (χ2v) is 5.96. The highest BCUT2D eigenvalue weighted by molar-refractivity contribution is 7.99. The van der Waals surface area contributed by atoms with E-state index < -0.39 is 5.82 Å². The van der Waals surface area contributed by atoms with E-state index in [0.29, 0.717) is 18.3 Å². The topological polar surface area (TPSA) is 20.3 Å². The molecule has 2 rings (SSSR count). The Morgan fingerprint density at radius 2 is 2.29 bits per heavy atom. The molecule has 1 aromatic rings. The zero-order valence-corrected chi connectivity index (χ0v) is 10.9. The van der Waals surface area contributed by atoms with Crippen LogP contribution in [0, 0.1) is 12.7 Å². The second-order valence-electron chi connectivity index (χ2n) is 4.42. The highest BCUT2D eigenvalue weighted by atomic mass is 32.2. The van der Waals surface area contributed by atoms with Crippen molar-refractivity contribution in [2.45, 2.75) is 19.1 Å². The summed E-state index contributed by atoms with van der Waals surface area (Å²) < 4.78 is 13.6. The molecule has 1 saturated heterocycles. The molecule has 0 bridgehead atoms. The minimum Gasteiger partial charge on any atom is -0.337 e. The van der Waals surface area contributed by atoms with E-state index >= 15 is 0 Å². The number of hydrogen-bond donors (Lipinski definition) is 0. The van der Waals surface area contributed by atoms with Crippen LogP contribution in [0.1, 0.15) is 22.8 Å². The molecule has 1 aromatic carbocycles. The molecule has 2 nitrogen and oxygen atoms in total. The van der Waals surface area contributed by atoms with Crippen molar-refractivity contribution in [3.8, 4) is 0 Å². The maximum absolute atomic E-state index is 13.6. The van der Waals surface area contributed by atoms with Gasteiger partial charge < -0.3 is 4.90 Å². The van der Waals surface area contributed by atoms with Crippen LogP contribution < -0.4 is 0 Å². The molecule has 1 amide bonds. The van der Waals surface area contributed by atoms with Crippen molar-refractivity contribution in [3.05, 3.63) is 35.1 Å². The standard InChI is InChI=1S/C13H16FNOS/c1-9-3-4-12(14)11(7-9)13(16)15-5-6-17-10(2)8-15/h3-4,7,10H,5-6,8H2,1-2H3. The minimum absolute atomic E-state index is 0.182. The molecule has 92 valence electrons. The van der Waals surface area contributed by atoms with Gasteiger partial charge in [0.25, 0.3) is 5.91 Å². The Kier molecular flexibility index (Phi) is 3.72. The first-order valence-electron chi connectivity index (χ1n) is 5.75. The Labute approximate surface area is 105 Å². The van der Waals surface area contributed by atoms with Gasteiger partial charge in [0.2, 0.25) is 0 Å². The lowest BCUT2D eigenvalue weighted by Gasteiger charge is -2.30. The number of hydrogen-bond acceptors (Lipinski definition) is 2. The van der Waals surface area contributed by atoms with Crippen LogP contribution in [0.5, 0.6) is 0 Å². The van der Waals surface area contributed by atoms with E-state index in [1.165, 1.54) is 6.07 Å². The minimum atomic E-state index is -0.425. The van der Waals surface area contributed by atoms with Crippen LogP contribution in [0.2, 0.25) is 0 Å². The van der Waals surface area contributed by atoms with Gasteiger partial charge in [-0.3, -0.25) is 4.79 Å². The smallest absolute Gasteiger partial charge is 0.256 e. The molecule has 1 aliphatic rings. The average molecular weight is 253 g/mol. The van der Waals surface area contributed by atoms with Crippen LogP contribution in [-0.4, -0.2) is 34.9 Å². The number of rotatable bonds is 1. The Hall–Kier alpha value is -1.03. The van der Waals surface area contributed by atoms with E-state index in [9.17, 15) is 9.18 Å². The van der Waals surface area contributed by atoms with Crippen LogP contribution in [-0.2, 0) is 0 Å². The molecule has 0 N–H and O–H groups in total. The van der Waals surface area contributed by atoms with E-state index in [2.05, 4.69) is 6.92 Å². The van der Waals surface area contributed by atoms with E-state index in [1.54, 1.807) is 17.0 Å². The molecule has 0 spiro atoms. The summed E-state index contributed by atoms with van der Waals surface area (Å²) in [5.74, 6) is 0.324. The van der Waals surface area contributed by atoms with E-state index in [-0.39, 0.29) is 11.5 Å². The number of amides is 1. The van der Waals surface area contributed by atoms with Crippen LogP contribution in [0.4, 0.5) is 4.39 Å². The number of thioether (sulfide) groups is 1. The molecule has 0 aromatic heterocycles. The molecule has 1 fully saturated rings. The average Bonchev–Trinajstić information content (AvgIpc) is 2.31. The Morgan fingerprint density at radius 3 is 3.00 bits per heavy atom. The maximum atomic E-state index is 13.6. The van der Waals surface area contributed by atoms with Gasteiger partial charge >= 0.3 is 0 Å². The summed E-state index contributed by atoms with van der Waals surface area (Å²) in [5, 5.41) is 0.431. The second kappa shape index (κ2) is 5.08. The van der Waals surface area contributed by atoms with Crippen molar-refractivity contribution in [3.63, 3.8) is 0 Å². The van der Waals surface area contributed by atoms with Gasteiger partial charge in [-0.25, -0.2) is 4.39 Å². The predicted octanol–water partition coefficient (Wildman–Crippen LogP) is 2.71. The van der Waals surface area contributed by atoms with Crippen molar-refractivity contribution in [1.82, 2.24) is 4.90 Å². The number of nitrogens with zero attached hydrogens (tertiary/aromatic N) is 1. The molecule has 0 radical (unpaired) electrons. The van der Waals surface area contributed by atoms with Crippen molar-refractivity contribution in [2.75, 3.05) is 18.8 Å². The fourth-order valence-electron chi connectivity index (χ4n) is 1.98. The predicted molar refractivity (Wildman–Crippen MR) is 69.0 cm³/mol. The van der Waals surface area contributed by atoms with Gasteiger partial charge in [-0.1, -0.05) is 18.6 Å². The van der Waals surface area contributed by atoms with Gasteiger partial charge in [-0.05, 0) is 19.1 Å². The van der Waals surface area contributed by atoms with Crippen molar-refractivity contribution in [1.29, 1.82) is 0 Å². The summed E-state index contributed by atoms with van der Waals surface area (Å²) in [6.45, 7) is 5.37. The van der Waals surface area contributed by atoms with E-state index in [1.807, 2.05) is 18.7 Å². The van der Waals surface area contributed by atoms with Gasteiger partial charge in [0.1, 0.15) is 5.82 Å². The van der Waals surface area contributed by atoms with E-state index in [0.717, 1.165) is 11.3 Å². The molecule has 1 heterocycles. The van der Waals surface area contributed by atoms with Gasteiger partial charge in [0, 0.05) is 24.1 Å². The molecule has 4 heteroatoms.